The molecule has 0 bridgehead atoms. The van der Waals surface area contributed by atoms with E-state index in [-0.39, 0.29) is 36.0 Å². The Morgan fingerprint density at radius 2 is 1.78 bits per heavy atom. The zero-order chi connectivity index (χ0) is 13.0. The molecular formula is C13H22ClNO3. The normalized spacial score (nSPS) is 14.1. The third-order valence-electron chi connectivity index (χ3n) is 2.71. The van der Waals surface area contributed by atoms with Crippen LogP contribution in [-0.2, 0) is 0 Å². The second-order valence-corrected chi connectivity index (χ2v) is 4.53. The van der Waals surface area contributed by atoms with Crippen LogP contribution in [0.25, 0.3) is 0 Å². The van der Waals surface area contributed by atoms with Crippen molar-refractivity contribution in [3.05, 3.63) is 23.8 Å². The molecule has 0 aliphatic carbocycles. The predicted octanol–water partition coefficient (Wildman–Crippen LogP) is 2.33. The van der Waals surface area contributed by atoms with Crippen LogP contribution in [0.15, 0.2) is 18.2 Å². The summed E-state index contributed by atoms with van der Waals surface area (Å²) in [7, 11) is 0. The summed E-state index contributed by atoms with van der Waals surface area (Å²) in [5.74, 6) is -0.383. The van der Waals surface area contributed by atoms with Gasteiger partial charge in [-0.3, -0.25) is 0 Å². The lowest BCUT2D eigenvalue weighted by Gasteiger charge is -2.25. The SMILES string of the molecule is CC[C@@H](NC(C)C)[C@@H](O)c1ccc(O)c(O)c1.Cl. The van der Waals surface area contributed by atoms with E-state index in [2.05, 4.69) is 5.32 Å². The second-order valence-electron chi connectivity index (χ2n) is 4.53. The van der Waals surface area contributed by atoms with Gasteiger partial charge in [0.2, 0.25) is 0 Å². The number of aliphatic hydroxyl groups excluding tert-OH is 1. The van der Waals surface area contributed by atoms with Crippen LogP contribution in [0, 0.1) is 0 Å². The highest BCUT2D eigenvalue weighted by Crippen LogP contribution is 2.29. The first-order valence-electron chi connectivity index (χ1n) is 5.91. The van der Waals surface area contributed by atoms with Crippen molar-refractivity contribution in [1.82, 2.24) is 5.32 Å². The number of benzene rings is 1. The van der Waals surface area contributed by atoms with Crippen LogP contribution in [0.2, 0.25) is 0 Å². The summed E-state index contributed by atoms with van der Waals surface area (Å²) in [6.45, 7) is 6.02. The highest BCUT2D eigenvalue weighted by Gasteiger charge is 2.20. The quantitative estimate of drug-likeness (QED) is 0.623. The Balaban J connectivity index is 0.00000289. The maximum Gasteiger partial charge on any atom is 0.157 e. The third-order valence-corrected chi connectivity index (χ3v) is 2.71. The molecule has 0 aromatic heterocycles. The first-order valence-corrected chi connectivity index (χ1v) is 5.91. The molecule has 0 fully saturated rings. The molecule has 0 aliphatic rings. The standard InChI is InChI=1S/C13H21NO3.ClH/c1-4-10(14-8(2)3)13(17)9-5-6-11(15)12(16)7-9;/h5-8,10,13-17H,4H2,1-3H3;1H/t10-,13+;/m1./s1. The fourth-order valence-corrected chi connectivity index (χ4v) is 1.82. The van der Waals surface area contributed by atoms with Gasteiger partial charge in [-0.2, -0.15) is 0 Å². The number of phenolic OH excluding ortho intramolecular Hbond substituents is 2. The van der Waals surface area contributed by atoms with Crippen molar-refractivity contribution in [3.63, 3.8) is 0 Å². The fraction of sp³-hybridized carbons (Fsp3) is 0.538. The summed E-state index contributed by atoms with van der Waals surface area (Å²) in [4.78, 5) is 0. The van der Waals surface area contributed by atoms with Crippen LogP contribution in [0.1, 0.15) is 38.9 Å². The average Bonchev–Trinajstić information content (AvgIpc) is 2.28. The van der Waals surface area contributed by atoms with Crippen molar-refractivity contribution in [1.29, 1.82) is 0 Å². The van der Waals surface area contributed by atoms with Crippen molar-refractivity contribution < 1.29 is 15.3 Å². The molecule has 104 valence electrons. The first kappa shape index (κ1) is 17.0. The van der Waals surface area contributed by atoms with Crippen molar-refractivity contribution in [2.45, 2.75) is 45.4 Å². The molecule has 1 rings (SSSR count). The van der Waals surface area contributed by atoms with E-state index in [1.54, 1.807) is 6.07 Å². The summed E-state index contributed by atoms with van der Waals surface area (Å²) in [6, 6.07) is 4.60. The minimum Gasteiger partial charge on any atom is -0.504 e. The molecule has 4 nitrogen and oxygen atoms in total. The molecule has 0 radical (unpaired) electrons. The highest BCUT2D eigenvalue weighted by molar-refractivity contribution is 5.85. The number of hydrogen-bond donors (Lipinski definition) is 4. The third kappa shape index (κ3) is 4.37. The van der Waals surface area contributed by atoms with Gasteiger partial charge in [-0.1, -0.05) is 26.8 Å². The minimum absolute atomic E-state index is 0. The number of hydrogen-bond acceptors (Lipinski definition) is 4. The molecule has 2 atom stereocenters. The molecule has 0 heterocycles. The van der Waals surface area contributed by atoms with Crippen LogP contribution < -0.4 is 5.32 Å². The van der Waals surface area contributed by atoms with E-state index in [1.165, 1.54) is 12.1 Å². The van der Waals surface area contributed by atoms with Crippen molar-refractivity contribution in [2.24, 2.45) is 0 Å². The van der Waals surface area contributed by atoms with Gasteiger partial charge in [0.15, 0.2) is 11.5 Å². The maximum atomic E-state index is 10.2. The monoisotopic (exact) mass is 275 g/mol. The molecule has 1 aromatic carbocycles. The number of rotatable bonds is 5. The van der Waals surface area contributed by atoms with E-state index in [1.807, 2.05) is 20.8 Å². The molecule has 1 aromatic rings. The summed E-state index contributed by atoms with van der Waals surface area (Å²) in [6.07, 6.45) is 0.0787. The number of phenols is 2. The lowest BCUT2D eigenvalue weighted by atomic mass is 9.99. The van der Waals surface area contributed by atoms with Gasteiger partial charge in [0.1, 0.15) is 0 Å². The van der Waals surface area contributed by atoms with E-state index in [0.717, 1.165) is 6.42 Å². The highest BCUT2D eigenvalue weighted by atomic mass is 35.5. The summed E-state index contributed by atoms with van der Waals surface area (Å²) < 4.78 is 0. The van der Waals surface area contributed by atoms with Gasteiger partial charge >= 0.3 is 0 Å². The molecule has 18 heavy (non-hydrogen) atoms. The molecule has 0 aliphatic heterocycles. The Kier molecular flexibility index (Phi) is 7.06. The van der Waals surface area contributed by atoms with Gasteiger partial charge in [0.05, 0.1) is 6.10 Å². The van der Waals surface area contributed by atoms with Crippen LogP contribution in [0.3, 0.4) is 0 Å². The van der Waals surface area contributed by atoms with Crippen molar-refractivity contribution in [2.75, 3.05) is 0 Å². The van der Waals surface area contributed by atoms with E-state index < -0.39 is 6.10 Å². The molecule has 0 unspecified atom stereocenters. The Labute approximate surface area is 114 Å². The van der Waals surface area contributed by atoms with E-state index in [9.17, 15) is 15.3 Å². The number of halogens is 1. The van der Waals surface area contributed by atoms with Gasteiger partial charge in [0.25, 0.3) is 0 Å². The average molecular weight is 276 g/mol. The Morgan fingerprint density at radius 1 is 1.17 bits per heavy atom. The number of nitrogens with one attached hydrogen (secondary N) is 1. The van der Waals surface area contributed by atoms with Gasteiger partial charge in [-0.25, -0.2) is 0 Å². The molecule has 0 saturated carbocycles. The molecule has 0 amide bonds. The first-order chi connectivity index (χ1) is 7.95. The van der Waals surface area contributed by atoms with Gasteiger partial charge < -0.3 is 20.6 Å². The van der Waals surface area contributed by atoms with Crippen LogP contribution >= 0.6 is 12.4 Å². The lowest BCUT2D eigenvalue weighted by molar-refractivity contribution is 0.121. The molecule has 0 spiro atoms. The largest absolute Gasteiger partial charge is 0.504 e. The zero-order valence-electron chi connectivity index (χ0n) is 10.9. The Hall–Kier alpha value is -0.970. The topological polar surface area (TPSA) is 72.7 Å². The van der Waals surface area contributed by atoms with Gasteiger partial charge in [-0.05, 0) is 24.1 Å². The Morgan fingerprint density at radius 3 is 2.22 bits per heavy atom. The molecule has 5 heteroatoms. The number of aliphatic hydroxyl groups is 1. The number of aromatic hydroxyl groups is 2. The predicted molar refractivity (Wildman–Crippen MR) is 74.3 cm³/mol. The second kappa shape index (κ2) is 7.46. The molecule has 4 N–H and O–H groups in total. The Bertz CT molecular complexity index is 371. The minimum atomic E-state index is -0.700. The summed E-state index contributed by atoms with van der Waals surface area (Å²) in [5.41, 5.74) is 0.598. The maximum absolute atomic E-state index is 10.2. The summed E-state index contributed by atoms with van der Waals surface area (Å²) in [5, 5.41) is 32.1. The zero-order valence-corrected chi connectivity index (χ0v) is 11.7. The van der Waals surface area contributed by atoms with E-state index in [4.69, 9.17) is 0 Å². The van der Waals surface area contributed by atoms with Crippen LogP contribution in [0.5, 0.6) is 11.5 Å². The van der Waals surface area contributed by atoms with Gasteiger partial charge in [0, 0.05) is 12.1 Å². The van der Waals surface area contributed by atoms with Crippen molar-refractivity contribution >= 4 is 12.4 Å². The molecule has 0 saturated heterocycles. The molecular weight excluding hydrogens is 254 g/mol. The van der Waals surface area contributed by atoms with Crippen molar-refractivity contribution in [3.8, 4) is 11.5 Å². The van der Waals surface area contributed by atoms with Crippen LogP contribution in [-0.4, -0.2) is 27.4 Å². The van der Waals surface area contributed by atoms with E-state index >= 15 is 0 Å². The fourth-order valence-electron chi connectivity index (χ4n) is 1.82. The van der Waals surface area contributed by atoms with Crippen LogP contribution in [0.4, 0.5) is 0 Å². The van der Waals surface area contributed by atoms with Gasteiger partial charge in [-0.15, -0.1) is 12.4 Å². The summed E-state index contributed by atoms with van der Waals surface area (Å²) >= 11 is 0. The smallest absolute Gasteiger partial charge is 0.157 e. The van der Waals surface area contributed by atoms with E-state index in [0.29, 0.717) is 5.56 Å². The lowest BCUT2D eigenvalue weighted by Crippen LogP contribution is -2.38.